The molecule has 0 radical (unpaired) electrons. The second kappa shape index (κ2) is 8.98. The maximum atomic E-state index is 5.54. The zero-order chi connectivity index (χ0) is 14.0. The topological polar surface area (TPSA) is 30.5 Å². The molecule has 1 aromatic carbocycles. The van der Waals surface area contributed by atoms with Gasteiger partial charge in [-0.25, -0.2) is 0 Å². The lowest BCUT2D eigenvalue weighted by Gasteiger charge is -2.07. The quantitative estimate of drug-likeness (QED) is 0.667. The van der Waals surface area contributed by atoms with Crippen LogP contribution in [0.5, 0.6) is 5.75 Å². The Balaban J connectivity index is 1.51. The molecule has 0 saturated heterocycles. The molecule has 0 unspecified atom stereocenters. The van der Waals surface area contributed by atoms with Crippen LogP contribution in [0.15, 0.2) is 18.2 Å². The van der Waals surface area contributed by atoms with Crippen molar-refractivity contribution in [3.8, 4) is 5.75 Å². The first-order valence-corrected chi connectivity index (χ1v) is 7.93. The molecule has 112 valence electrons. The summed E-state index contributed by atoms with van der Waals surface area (Å²) in [5.41, 5.74) is 2.77. The molecule has 0 spiro atoms. The van der Waals surface area contributed by atoms with Crippen LogP contribution in [0.2, 0.25) is 0 Å². The first-order chi connectivity index (χ1) is 9.90. The zero-order valence-corrected chi connectivity index (χ0v) is 12.6. The van der Waals surface area contributed by atoms with Crippen molar-refractivity contribution in [3.05, 3.63) is 29.3 Å². The second-order valence-electron chi connectivity index (χ2n) is 5.36. The average Bonchev–Trinajstić information content (AvgIpc) is 2.93. The third-order valence-corrected chi connectivity index (χ3v) is 3.63. The fraction of sp³-hybridized carbons (Fsp3) is 0.647. The van der Waals surface area contributed by atoms with E-state index < -0.39 is 0 Å². The highest BCUT2D eigenvalue weighted by molar-refractivity contribution is 5.39. The number of unbranched alkanes of at least 4 members (excludes halogenated alkanes) is 1. The van der Waals surface area contributed by atoms with Crippen LogP contribution >= 0.6 is 0 Å². The van der Waals surface area contributed by atoms with Crippen molar-refractivity contribution in [2.75, 3.05) is 32.9 Å². The fourth-order valence-corrected chi connectivity index (χ4v) is 2.40. The Hall–Kier alpha value is -1.06. The number of rotatable bonds is 10. The largest absolute Gasteiger partial charge is 0.493 e. The predicted molar refractivity (Wildman–Crippen MR) is 82.6 cm³/mol. The van der Waals surface area contributed by atoms with Crippen molar-refractivity contribution in [3.63, 3.8) is 0 Å². The predicted octanol–water partition coefficient (Wildman–Crippen LogP) is 2.96. The minimum absolute atomic E-state index is 0.842. The van der Waals surface area contributed by atoms with E-state index in [0.717, 1.165) is 57.9 Å². The molecular formula is C17H27NO2. The molecule has 0 fully saturated rings. The Kier molecular flexibility index (Phi) is 6.89. The number of fused-ring (bicyclic) bond motifs is 1. The summed E-state index contributed by atoms with van der Waals surface area (Å²) in [5.74, 6) is 1.07. The van der Waals surface area contributed by atoms with Crippen molar-refractivity contribution in [2.24, 2.45) is 0 Å². The molecule has 0 amide bonds. The van der Waals surface area contributed by atoms with Gasteiger partial charge in [-0.1, -0.05) is 25.5 Å². The number of hydrogen-bond donors (Lipinski definition) is 1. The summed E-state index contributed by atoms with van der Waals surface area (Å²) >= 11 is 0. The van der Waals surface area contributed by atoms with Gasteiger partial charge in [0.15, 0.2) is 0 Å². The SMILES string of the molecule is CCCCOCCCNCCc1ccc2c(c1)CCO2. The molecule has 0 aromatic heterocycles. The fourth-order valence-electron chi connectivity index (χ4n) is 2.40. The summed E-state index contributed by atoms with van der Waals surface area (Å²) in [6.07, 6.45) is 5.64. The lowest BCUT2D eigenvalue weighted by molar-refractivity contribution is 0.129. The first-order valence-electron chi connectivity index (χ1n) is 7.93. The van der Waals surface area contributed by atoms with Gasteiger partial charge in [-0.2, -0.15) is 0 Å². The van der Waals surface area contributed by atoms with Gasteiger partial charge in [-0.3, -0.25) is 0 Å². The van der Waals surface area contributed by atoms with Crippen molar-refractivity contribution in [1.29, 1.82) is 0 Å². The summed E-state index contributed by atoms with van der Waals surface area (Å²) in [7, 11) is 0. The van der Waals surface area contributed by atoms with Crippen molar-refractivity contribution in [1.82, 2.24) is 5.32 Å². The van der Waals surface area contributed by atoms with Gasteiger partial charge in [0, 0.05) is 19.6 Å². The van der Waals surface area contributed by atoms with Crippen LogP contribution in [0, 0.1) is 0 Å². The van der Waals surface area contributed by atoms with E-state index >= 15 is 0 Å². The van der Waals surface area contributed by atoms with E-state index in [1.54, 1.807) is 0 Å². The molecule has 2 rings (SSSR count). The van der Waals surface area contributed by atoms with E-state index in [-0.39, 0.29) is 0 Å². The van der Waals surface area contributed by atoms with Crippen molar-refractivity contribution < 1.29 is 9.47 Å². The van der Waals surface area contributed by atoms with Crippen LogP contribution in [0.25, 0.3) is 0 Å². The normalized spacial score (nSPS) is 13.2. The van der Waals surface area contributed by atoms with E-state index in [4.69, 9.17) is 9.47 Å². The summed E-state index contributed by atoms with van der Waals surface area (Å²) in [6.45, 7) is 6.90. The Bertz CT molecular complexity index is 393. The highest BCUT2D eigenvalue weighted by Gasteiger charge is 2.11. The van der Waals surface area contributed by atoms with Gasteiger partial charge in [-0.15, -0.1) is 0 Å². The zero-order valence-electron chi connectivity index (χ0n) is 12.6. The smallest absolute Gasteiger partial charge is 0.122 e. The number of ether oxygens (including phenoxy) is 2. The molecule has 0 aliphatic carbocycles. The Morgan fingerprint density at radius 3 is 3.00 bits per heavy atom. The molecular weight excluding hydrogens is 250 g/mol. The van der Waals surface area contributed by atoms with Crippen molar-refractivity contribution in [2.45, 2.75) is 39.0 Å². The van der Waals surface area contributed by atoms with Crippen LogP contribution in [0.3, 0.4) is 0 Å². The monoisotopic (exact) mass is 277 g/mol. The molecule has 1 N–H and O–H groups in total. The molecule has 1 heterocycles. The first kappa shape index (κ1) is 15.3. The maximum absolute atomic E-state index is 5.54. The third-order valence-electron chi connectivity index (χ3n) is 3.63. The summed E-state index contributed by atoms with van der Waals surface area (Å²) in [5, 5.41) is 3.48. The standard InChI is InChI=1S/C17H27NO2/c1-2-3-11-19-12-4-9-18-10-7-15-5-6-17-16(14-15)8-13-20-17/h5-6,14,18H,2-4,7-13H2,1H3. The highest BCUT2D eigenvalue weighted by Crippen LogP contribution is 2.25. The minimum atomic E-state index is 0.842. The summed E-state index contributed by atoms with van der Waals surface area (Å²) in [4.78, 5) is 0. The van der Waals surface area contributed by atoms with Crippen LogP contribution in [-0.4, -0.2) is 32.9 Å². The Morgan fingerprint density at radius 1 is 1.20 bits per heavy atom. The average molecular weight is 277 g/mol. The lowest BCUT2D eigenvalue weighted by atomic mass is 10.1. The van der Waals surface area contributed by atoms with Gasteiger partial charge in [0.05, 0.1) is 6.61 Å². The van der Waals surface area contributed by atoms with E-state index in [1.807, 2.05) is 0 Å². The summed E-state index contributed by atoms with van der Waals surface area (Å²) in [6, 6.07) is 6.58. The van der Waals surface area contributed by atoms with Gasteiger partial charge in [0.2, 0.25) is 0 Å². The van der Waals surface area contributed by atoms with Gasteiger partial charge in [0.25, 0.3) is 0 Å². The molecule has 1 aliphatic heterocycles. The number of hydrogen-bond acceptors (Lipinski definition) is 3. The summed E-state index contributed by atoms with van der Waals surface area (Å²) < 4.78 is 11.1. The van der Waals surface area contributed by atoms with E-state index in [1.165, 1.54) is 24.0 Å². The Morgan fingerprint density at radius 2 is 2.10 bits per heavy atom. The molecule has 1 aliphatic rings. The molecule has 0 atom stereocenters. The van der Waals surface area contributed by atoms with E-state index in [0.29, 0.717) is 0 Å². The van der Waals surface area contributed by atoms with Crippen molar-refractivity contribution >= 4 is 0 Å². The van der Waals surface area contributed by atoms with Gasteiger partial charge >= 0.3 is 0 Å². The van der Waals surface area contributed by atoms with Gasteiger partial charge < -0.3 is 14.8 Å². The van der Waals surface area contributed by atoms with E-state index in [2.05, 4.69) is 30.4 Å². The van der Waals surface area contributed by atoms with Crippen LogP contribution in [0.4, 0.5) is 0 Å². The third kappa shape index (κ3) is 5.14. The van der Waals surface area contributed by atoms with Crippen LogP contribution in [0.1, 0.15) is 37.3 Å². The molecule has 0 saturated carbocycles. The molecule has 1 aromatic rings. The van der Waals surface area contributed by atoms with E-state index in [9.17, 15) is 0 Å². The second-order valence-corrected chi connectivity index (χ2v) is 5.36. The van der Waals surface area contributed by atoms with Gasteiger partial charge in [-0.05, 0) is 49.5 Å². The molecule has 0 bridgehead atoms. The maximum Gasteiger partial charge on any atom is 0.122 e. The minimum Gasteiger partial charge on any atom is -0.493 e. The molecule has 3 heteroatoms. The number of nitrogens with one attached hydrogen (secondary N) is 1. The molecule has 3 nitrogen and oxygen atoms in total. The van der Waals surface area contributed by atoms with Crippen LogP contribution < -0.4 is 10.1 Å². The van der Waals surface area contributed by atoms with Crippen LogP contribution in [-0.2, 0) is 17.6 Å². The number of benzene rings is 1. The van der Waals surface area contributed by atoms with Gasteiger partial charge in [0.1, 0.15) is 5.75 Å². The lowest BCUT2D eigenvalue weighted by Crippen LogP contribution is -2.19. The highest BCUT2D eigenvalue weighted by atomic mass is 16.5. The Labute approximate surface area is 122 Å². The molecule has 20 heavy (non-hydrogen) atoms.